The van der Waals surface area contributed by atoms with Gasteiger partial charge in [0.15, 0.2) is 5.69 Å². The molecular weight excluding hydrogens is 288 g/mol. The summed E-state index contributed by atoms with van der Waals surface area (Å²) in [4.78, 5) is 23.1. The molecule has 1 amide bonds. The molecule has 1 aromatic carbocycles. The first-order valence-corrected chi connectivity index (χ1v) is 6.59. The highest BCUT2D eigenvalue weighted by Crippen LogP contribution is 2.21. The number of aryl methyl sites for hydroxylation is 1. The van der Waals surface area contributed by atoms with Crippen molar-refractivity contribution in [1.29, 1.82) is 0 Å². The van der Waals surface area contributed by atoms with Gasteiger partial charge >= 0.3 is 5.97 Å². The van der Waals surface area contributed by atoms with Gasteiger partial charge in [-0.2, -0.15) is 0 Å². The number of carboxylic acids is 1. The molecule has 0 radical (unpaired) electrons. The Morgan fingerprint density at radius 3 is 2.55 bits per heavy atom. The predicted molar refractivity (Wildman–Crippen MR) is 76.7 cm³/mol. The van der Waals surface area contributed by atoms with Crippen LogP contribution in [-0.2, 0) is 4.79 Å². The molecule has 0 bridgehead atoms. The molecule has 116 valence electrons. The van der Waals surface area contributed by atoms with E-state index < -0.39 is 17.9 Å². The van der Waals surface area contributed by atoms with Crippen molar-refractivity contribution < 1.29 is 24.0 Å². The molecule has 0 aliphatic carbocycles. The van der Waals surface area contributed by atoms with E-state index in [0.29, 0.717) is 17.1 Å². The minimum absolute atomic E-state index is 0.112. The van der Waals surface area contributed by atoms with Crippen LogP contribution in [0, 0.1) is 6.92 Å². The number of carbonyl (C=O) groups is 2. The maximum absolute atomic E-state index is 12.1. The summed E-state index contributed by atoms with van der Waals surface area (Å²) in [5, 5.41) is 15.3. The van der Waals surface area contributed by atoms with Crippen LogP contribution in [-0.4, -0.2) is 29.2 Å². The van der Waals surface area contributed by atoms with Gasteiger partial charge in [-0.1, -0.05) is 17.3 Å². The molecule has 0 saturated heterocycles. The highest BCUT2D eigenvalue weighted by molar-refractivity contribution is 5.92. The first kappa shape index (κ1) is 15.6. The molecule has 7 heteroatoms. The monoisotopic (exact) mass is 304 g/mol. The number of rotatable bonds is 6. The molecule has 1 aromatic heterocycles. The second-order valence-corrected chi connectivity index (χ2v) is 4.72. The number of benzene rings is 1. The van der Waals surface area contributed by atoms with E-state index in [0.717, 1.165) is 0 Å². The van der Waals surface area contributed by atoms with Crippen molar-refractivity contribution in [3.05, 3.63) is 47.3 Å². The summed E-state index contributed by atoms with van der Waals surface area (Å²) in [7, 11) is 1.54. The highest BCUT2D eigenvalue weighted by Gasteiger charge is 2.20. The van der Waals surface area contributed by atoms with Crippen LogP contribution in [0.1, 0.15) is 34.3 Å². The summed E-state index contributed by atoms with van der Waals surface area (Å²) in [5.74, 6) is -0.350. The molecule has 1 atom stereocenters. The fourth-order valence-electron chi connectivity index (χ4n) is 1.97. The van der Waals surface area contributed by atoms with Gasteiger partial charge in [0.25, 0.3) is 5.91 Å². The van der Waals surface area contributed by atoms with Crippen molar-refractivity contribution in [3.8, 4) is 5.75 Å². The van der Waals surface area contributed by atoms with E-state index in [1.807, 2.05) is 0 Å². The van der Waals surface area contributed by atoms with E-state index in [2.05, 4.69) is 10.5 Å². The highest BCUT2D eigenvalue weighted by atomic mass is 16.5. The van der Waals surface area contributed by atoms with Crippen molar-refractivity contribution in [2.45, 2.75) is 19.4 Å². The zero-order valence-electron chi connectivity index (χ0n) is 12.2. The molecule has 1 heterocycles. The Hall–Kier alpha value is -2.83. The minimum atomic E-state index is -1.02. The third-order valence-corrected chi connectivity index (χ3v) is 3.06. The van der Waals surface area contributed by atoms with Gasteiger partial charge in [-0.25, -0.2) is 0 Å². The van der Waals surface area contributed by atoms with Crippen molar-refractivity contribution in [2.75, 3.05) is 7.11 Å². The van der Waals surface area contributed by atoms with Gasteiger partial charge in [0.05, 0.1) is 19.6 Å². The van der Waals surface area contributed by atoms with E-state index in [-0.39, 0.29) is 12.1 Å². The van der Waals surface area contributed by atoms with Crippen LogP contribution in [0.5, 0.6) is 5.75 Å². The molecule has 2 aromatic rings. The lowest BCUT2D eigenvalue weighted by Gasteiger charge is -2.17. The van der Waals surface area contributed by atoms with Crippen molar-refractivity contribution in [1.82, 2.24) is 10.5 Å². The number of nitrogens with one attached hydrogen (secondary N) is 1. The molecule has 2 N–H and O–H groups in total. The molecule has 0 aliphatic heterocycles. The van der Waals surface area contributed by atoms with Gasteiger partial charge in [0.1, 0.15) is 11.5 Å². The first-order chi connectivity index (χ1) is 10.5. The summed E-state index contributed by atoms with van der Waals surface area (Å²) in [6.07, 6.45) is -0.241. The number of nitrogens with zero attached hydrogens (tertiary/aromatic N) is 1. The Kier molecular flexibility index (Phi) is 4.77. The third kappa shape index (κ3) is 3.85. The largest absolute Gasteiger partial charge is 0.497 e. The molecule has 0 fully saturated rings. The second kappa shape index (κ2) is 6.75. The first-order valence-electron chi connectivity index (χ1n) is 6.59. The van der Waals surface area contributed by atoms with E-state index >= 15 is 0 Å². The van der Waals surface area contributed by atoms with Crippen LogP contribution in [0.2, 0.25) is 0 Å². The lowest BCUT2D eigenvalue weighted by Crippen LogP contribution is -2.30. The topological polar surface area (TPSA) is 102 Å². The van der Waals surface area contributed by atoms with E-state index in [1.54, 1.807) is 38.3 Å². The van der Waals surface area contributed by atoms with Crippen LogP contribution < -0.4 is 10.1 Å². The van der Waals surface area contributed by atoms with E-state index in [1.165, 1.54) is 6.07 Å². The van der Waals surface area contributed by atoms with Crippen LogP contribution in [0.25, 0.3) is 0 Å². The zero-order valence-corrected chi connectivity index (χ0v) is 12.2. The summed E-state index contributed by atoms with van der Waals surface area (Å²) >= 11 is 0. The molecule has 0 unspecified atom stereocenters. The standard InChI is InChI=1S/C15H16N2O5/c1-9-7-13(17-22-9)15(20)16-12(8-14(18)19)10-3-5-11(21-2)6-4-10/h3-7,12H,8H2,1-2H3,(H,16,20)(H,18,19)/t12-/m1/s1. The number of aromatic nitrogens is 1. The predicted octanol–water partition coefficient (Wildman–Crippen LogP) is 1.94. The lowest BCUT2D eigenvalue weighted by molar-refractivity contribution is -0.137. The maximum atomic E-state index is 12.1. The summed E-state index contributed by atoms with van der Waals surface area (Å²) in [6, 6.07) is 7.64. The van der Waals surface area contributed by atoms with Gasteiger partial charge in [-0.3, -0.25) is 9.59 Å². The second-order valence-electron chi connectivity index (χ2n) is 4.72. The average Bonchev–Trinajstić information content (AvgIpc) is 2.93. The Morgan fingerprint density at radius 2 is 2.05 bits per heavy atom. The number of hydrogen-bond donors (Lipinski definition) is 2. The SMILES string of the molecule is COc1ccc([C@@H](CC(=O)O)NC(=O)c2cc(C)on2)cc1. The lowest BCUT2D eigenvalue weighted by atomic mass is 10.0. The van der Waals surface area contributed by atoms with Crippen molar-refractivity contribution >= 4 is 11.9 Å². The van der Waals surface area contributed by atoms with Gasteiger partial charge in [-0.05, 0) is 24.6 Å². The van der Waals surface area contributed by atoms with Crippen LogP contribution in [0.4, 0.5) is 0 Å². The smallest absolute Gasteiger partial charge is 0.305 e. The molecule has 0 spiro atoms. The normalized spacial score (nSPS) is 11.7. The Morgan fingerprint density at radius 1 is 1.36 bits per heavy atom. The Bertz CT molecular complexity index is 663. The quantitative estimate of drug-likeness (QED) is 0.845. The van der Waals surface area contributed by atoms with Crippen molar-refractivity contribution in [2.24, 2.45) is 0 Å². The minimum Gasteiger partial charge on any atom is -0.497 e. The molecule has 2 rings (SSSR count). The molecule has 0 aliphatic rings. The summed E-state index contributed by atoms with van der Waals surface area (Å²) in [6.45, 7) is 1.67. The average molecular weight is 304 g/mol. The molecule has 7 nitrogen and oxygen atoms in total. The number of carboxylic acid groups (broad SMARTS) is 1. The number of hydrogen-bond acceptors (Lipinski definition) is 5. The number of carbonyl (C=O) groups excluding carboxylic acids is 1. The zero-order chi connectivity index (χ0) is 16.1. The summed E-state index contributed by atoms with van der Waals surface area (Å²) < 4.78 is 9.90. The fraction of sp³-hybridized carbons (Fsp3) is 0.267. The molecule has 0 saturated carbocycles. The van der Waals surface area contributed by atoms with E-state index in [9.17, 15) is 9.59 Å². The molecular formula is C15H16N2O5. The number of ether oxygens (including phenoxy) is 1. The summed E-state index contributed by atoms with van der Waals surface area (Å²) in [5.41, 5.74) is 0.776. The van der Waals surface area contributed by atoms with Crippen LogP contribution in [0.15, 0.2) is 34.9 Å². The van der Waals surface area contributed by atoms with Gasteiger partial charge < -0.3 is 19.7 Å². The number of methoxy groups -OCH3 is 1. The Balaban J connectivity index is 2.18. The van der Waals surface area contributed by atoms with Gasteiger partial charge in [0.2, 0.25) is 0 Å². The van der Waals surface area contributed by atoms with Crippen molar-refractivity contribution in [3.63, 3.8) is 0 Å². The Labute approximate surface area is 126 Å². The van der Waals surface area contributed by atoms with E-state index in [4.69, 9.17) is 14.4 Å². The van der Waals surface area contributed by atoms with Crippen LogP contribution in [0.3, 0.4) is 0 Å². The third-order valence-electron chi connectivity index (χ3n) is 3.06. The number of amides is 1. The van der Waals surface area contributed by atoms with Gasteiger partial charge in [-0.15, -0.1) is 0 Å². The fourth-order valence-corrected chi connectivity index (χ4v) is 1.97. The maximum Gasteiger partial charge on any atom is 0.305 e. The molecule has 22 heavy (non-hydrogen) atoms. The van der Waals surface area contributed by atoms with Crippen LogP contribution >= 0.6 is 0 Å². The van der Waals surface area contributed by atoms with Gasteiger partial charge in [0, 0.05) is 6.07 Å². The number of aliphatic carboxylic acids is 1.